The Labute approximate surface area is 153 Å². The number of rotatable bonds is 5. The van der Waals surface area contributed by atoms with Gasteiger partial charge in [0.05, 0.1) is 6.07 Å². The van der Waals surface area contributed by atoms with Crippen LogP contribution in [0.1, 0.15) is 17.2 Å². The van der Waals surface area contributed by atoms with Crippen LogP contribution in [-0.4, -0.2) is 12.5 Å². The van der Waals surface area contributed by atoms with Crippen molar-refractivity contribution in [3.63, 3.8) is 0 Å². The van der Waals surface area contributed by atoms with E-state index >= 15 is 0 Å². The first-order chi connectivity index (χ1) is 13.0. The van der Waals surface area contributed by atoms with Crippen molar-refractivity contribution < 1.29 is 18.3 Å². The van der Waals surface area contributed by atoms with Crippen LogP contribution in [0, 0.1) is 24.1 Å². The third-order valence-corrected chi connectivity index (χ3v) is 3.93. The van der Waals surface area contributed by atoms with Crippen LogP contribution in [-0.2, 0) is 4.79 Å². The Morgan fingerprint density at radius 2 is 2.00 bits per heavy atom. The fourth-order valence-electron chi connectivity index (χ4n) is 2.59. The molecule has 0 radical (unpaired) electrons. The van der Waals surface area contributed by atoms with Gasteiger partial charge in [0.1, 0.15) is 23.2 Å². The summed E-state index contributed by atoms with van der Waals surface area (Å²) < 4.78 is 23.5. The van der Waals surface area contributed by atoms with E-state index in [1.165, 1.54) is 36.4 Å². The van der Waals surface area contributed by atoms with Gasteiger partial charge in [0.2, 0.25) is 0 Å². The SMILES string of the molecule is Cc1cc(=O)oc2cc(OCC(=O)N[C@H](C#N)c3ccc(F)cc3)ccc12. The van der Waals surface area contributed by atoms with Gasteiger partial charge in [0.25, 0.3) is 5.91 Å². The maximum atomic E-state index is 13.0. The third-order valence-electron chi connectivity index (χ3n) is 3.93. The van der Waals surface area contributed by atoms with Crippen molar-refractivity contribution in [2.45, 2.75) is 13.0 Å². The molecule has 0 saturated heterocycles. The van der Waals surface area contributed by atoms with Crippen molar-refractivity contribution in [1.82, 2.24) is 5.32 Å². The first-order valence-corrected chi connectivity index (χ1v) is 8.08. The number of carbonyl (C=O) groups excluding carboxylic acids is 1. The molecule has 3 rings (SSSR count). The van der Waals surface area contributed by atoms with Gasteiger partial charge < -0.3 is 14.5 Å². The number of halogens is 1. The average Bonchev–Trinajstić information content (AvgIpc) is 2.64. The minimum Gasteiger partial charge on any atom is -0.484 e. The lowest BCUT2D eigenvalue weighted by Crippen LogP contribution is -2.32. The van der Waals surface area contributed by atoms with Gasteiger partial charge in [-0.15, -0.1) is 0 Å². The summed E-state index contributed by atoms with van der Waals surface area (Å²) in [5, 5.41) is 12.5. The van der Waals surface area contributed by atoms with Crippen molar-refractivity contribution in [2.24, 2.45) is 0 Å². The molecule has 3 aromatic rings. The smallest absolute Gasteiger partial charge is 0.336 e. The van der Waals surface area contributed by atoms with Crippen LogP contribution in [0.2, 0.25) is 0 Å². The highest BCUT2D eigenvalue weighted by Gasteiger charge is 2.14. The minimum atomic E-state index is -0.918. The van der Waals surface area contributed by atoms with E-state index in [0.29, 0.717) is 16.9 Å². The summed E-state index contributed by atoms with van der Waals surface area (Å²) in [7, 11) is 0. The molecule has 136 valence electrons. The lowest BCUT2D eigenvalue weighted by molar-refractivity contribution is -0.123. The molecule has 0 bridgehead atoms. The normalized spacial score (nSPS) is 11.6. The van der Waals surface area contributed by atoms with Crippen LogP contribution < -0.4 is 15.7 Å². The maximum Gasteiger partial charge on any atom is 0.336 e. The highest BCUT2D eigenvalue weighted by Crippen LogP contribution is 2.22. The van der Waals surface area contributed by atoms with E-state index in [9.17, 15) is 19.2 Å². The monoisotopic (exact) mass is 366 g/mol. The summed E-state index contributed by atoms with van der Waals surface area (Å²) >= 11 is 0. The molecule has 0 aliphatic heterocycles. The van der Waals surface area contributed by atoms with E-state index in [1.54, 1.807) is 19.1 Å². The molecule has 1 atom stereocenters. The van der Waals surface area contributed by atoms with Crippen molar-refractivity contribution >= 4 is 16.9 Å². The molecule has 1 aromatic heterocycles. The minimum absolute atomic E-state index is 0.332. The van der Waals surface area contributed by atoms with Crippen LogP contribution in [0.4, 0.5) is 4.39 Å². The quantitative estimate of drug-likeness (QED) is 0.701. The molecule has 0 unspecified atom stereocenters. The molecule has 2 aromatic carbocycles. The number of hydrogen-bond acceptors (Lipinski definition) is 5. The molecule has 0 spiro atoms. The number of nitriles is 1. The summed E-state index contributed by atoms with van der Waals surface area (Å²) in [5.41, 5.74) is 1.14. The lowest BCUT2D eigenvalue weighted by Gasteiger charge is -2.13. The summed E-state index contributed by atoms with van der Waals surface area (Å²) in [6.45, 7) is 1.46. The second-order valence-electron chi connectivity index (χ2n) is 5.88. The molecule has 6 nitrogen and oxygen atoms in total. The fourth-order valence-corrected chi connectivity index (χ4v) is 2.59. The highest BCUT2D eigenvalue weighted by atomic mass is 19.1. The lowest BCUT2D eigenvalue weighted by atomic mass is 10.1. The predicted molar refractivity (Wildman–Crippen MR) is 95.6 cm³/mol. The van der Waals surface area contributed by atoms with Crippen molar-refractivity contribution in [1.29, 1.82) is 5.26 Å². The van der Waals surface area contributed by atoms with E-state index < -0.39 is 23.4 Å². The number of benzene rings is 2. The van der Waals surface area contributed by atoms with Crippen molar-refractivity contribution in [3.05, 3.63) is 75.9 Å². The van der Waals surface area contributed by atoms with E-state index in [4.69, 9.17) is 9.15 Å². The van der Waals surface area contributed by atoms with Gasteiger partial charge in [0, 0.05) is 17.5 Å². The van der Waals surface area contributed by atoms with Gasteiger partial charge in [-0.25, -0.2) is 9.18 Å². The Kier molecular flexibility index (Phi) is 5.18. The summed E-state index contributed by atoms with van der Waals surface area (Å²) in [5.74, 6) is -0.596. The number of nitrogens with zero attached hydrogens (tertiary/aromatic N) is 1. The van der Waals surface area contributed by atoms with Gasteiger partial charge in [0.15, 0.2) is 6.61 Å². The van der Waals surface area contributed by atoms with E-state index in [-0.39, 0.29) is 6.61 Å². The fraction of sp³-hybridized carbons (Fsp3) is 0.150. The molecule has 1 N–H and O–H groups in total. The molecule has 0 saturated carbocycles. The largest absolute Gasteiger partial charge is 0.484 e. The first kappa shape index (κ1) is 18.1. The van der Waals surface area contributed by atoms with Crippen LogP contribution in [0.5, 0.6) is 5.75 Å². The number of amides is 1. The van der Waals surface area contributed by atoms with Gasteiger partial charge >= 0.3 is 5.63 Å². The second-order valence-corrected chi connectivity index (χ2v) is 5.88. The Balaban J connectivity index is 1.66. The zero-order valence-electron chi connectivity index (χ0n) is 14.4. The number of aryl methyl sites for hydroxylation is 1. The zero-order chi connectivity index (χ0) is 19.4. The van der Waals surface area contributed by atoms with Crippen LogP contribution in [0.25, 0.3) is 11.0 Å². The predicted octanol–water partition coefficient (Wildman–Crippen LogP) is 3.00. The second kappa shape index (κ2) is 7.70. The molecular formula is C20H15FN2O4. The summed E-state index contributed by atoms with van der Waals surface area (Å²) in [4.78, 5) is 23.5. The van der Waals surface area contributed by atoms with E-state index in [1.807, 2.05) is 6.07 Å². The van der Waals surface area contributed by atoms with Crippen molar-refractivity contribution in [2.75, 3.05) is 6.61 Å². The van der Waals surface area contributed by atoms with Crippen LogP contribution >= 0.6 is 0 Å². The number of hydrogen-bond donors (Lipinski definition) is 1. The van der Waals surface area contributed by atoms with E-state index in [2.05, 4.69) is 5.32 Å². The van der Waals surface area contributed by atoms with Gasteiger partial charge in [-0.1, -0.05) is 12.1 Å². The van der Waals surface area contributed by atoms with Crippen molar-refractivity contribution in [3.8, 4) is 11.8 Å². The van der Waals surface area contributed by atoms with Crippen LogP contribution in [0.15, 0.2) is 57.7 Å². The standard InChI is InChI=1S/C20H15FN2O4/c1-12-8-20(25)27-18-9-15(6-7-16(12)18)26-11-19(24)23-17(10-22)13-2-4-14(21)5-3-13/h2-9,17H,11H2,1H3,(H,23,24)/t17-/m1/s1. The zero-order valence-corrected chi connectivity index (χ0v) is 14.4. The summed E-state index contributed by atoms with van der Waals surface area (Å²) in [6.07, 6.45) is 0. The molecule has 0 aliphatic rings. The number of fused-ring (bicyclic) bond motifs is 1. The number of ether oxygens (including phenoxy) is 1. The highest BCUT2D eigenvalue weighted by molar-refractivity contribution is 5.82. The maximum absolute atomic E-state index is 13.0. The Bertz CT molecular complexity index is 1080. The van der Waals surface area contributed by atoms with Gasteiger partial charge in [-0.2, -0.15) is 5.26 Å². The summed E-state index contributed by atoms with van der Waals surface area (Å²) in [6, 6.07) is 12.6. The van der Waals surface area contributed by atoms with Gasteiger partial charge in [-0.3, -0.25) is 4.79 Å². The molecule has 0 fully saturated rings. The van der Waals surface area contributed by atoms with Gasteiger partial charge in [-0.05, 0) is 42.3 Å². The third kappa shape index (κ3) is 4.30. The molecule has 1 heterocycles. The first-order valence-electron chi connectivity index (χ1n) is 8.08. The molecule has 7 heteroatoms. The molecular weight excluding hydrogens is 351 g/mol. The topological polar surface area (TPSA) is 92.3 Å². The van der Waals surface area contributed by atoms with E-state index in [0.717, 1.165) is 10.9 Å². The number of carbonyl (C=O) groups is 1. The van der Waals surface area contributed by atoms with Crippen LogP contribution in [0.3, 0.4) is 0 Å². The molecule has 27 heavy (non-hydrogen) atoms. The molecule has 1 amide bonds. The Morgan fingerprint density at radius 1 is 1.26 bits per heavy atom. The Morgan fingerprint density at radius 3 is 2.70 bits per heavy atom. The molecule has 0 aliphatic carbocycles. The Hall–Kier alpha value is -3.66. The average molecular weight is 366 g/mol. The number of nitrogens with one attached hydrogen (secondary N) is 1.